The van der Waals surface area contributed by atoms with Crippen LogP contribution < -0.4 is 5.32 Å². The first-order valence-corrected chi connectivity index (χ1v) is 13.5. The van der Waals surface area contributed by atoms with Crippen molar-refractivity contribution in [3.05, 3.63) is 0 Å². The van der Waals surface area contributed by atoms with E-state index in [0.717, 1.165) is 70.9 Å². The Bertz CT molecular complexity index is 772. The lowest BCUT2D eigenvalue weighted by molar-refractivity contribution is -0.142. The minimum atomic E-state index is -0.492. The highest BCUT2D eigenvalue weighted by atomic mass is 16.6. The summed E-state index contributed by atoms with van der Waals surface area (Å²) in [4.78, 5) is 38.9. The van der Waals surface area contributed by atoms with E-state index in [4.69, 9.17) is 14.2 Å². The summed E-state index contributed by atoms with van der Waals surface area (Å²) in [6.07, 6.45) is 8.10. The molecule has 8 nitrogen and oxygen atoms in total. The molecule has 2 aliphatic heterocycles. The van der Waals surface area contributed by atoms with E-state index in [1.807, 2.05) is 25.7 Å². The van der Waals surface area contributed by atoms with Gasteiger partial charge in [0.25, 0.3) is 0 Å². The van der Waals surface area contributed by atoms with Crippen LogP contribution in [-0.2, 0) is 23.8 Å². The summed E-state index contributed by atoms with van der Waals surface area (Å²) in [5, 5.41) is 2.97. The zero-order chi connectivity index (χ0) is 25.2. The van der Waals surface area contributed by atoms with Crippen molar-refractivity contribution in [1.29, 1.82) is 0 Å². The van der Waals surface area contributed by atoms with Crippen LogP contribution in [0.5, 0.6) is 0 Å². The summed E-state index contributed by atoms with van der Waals surface area (Å²) >= 11 is 0. The van der Waals surface area contributed by atoms with E-state index in [2.05, 4.69) is 5.32 Å². The molecule has 2 heterocycles. The highest BCUT2D eigenvalue weighted by Gasteiger charge is 2.53. The van der Waals surface area contributed by atoms with Gasteiger partial charge in [-0.15, -0.1) is 0 Å². The molecule has 4 fully saturated rings. The molecule has 0 aromatic heterocycles. The Hall–Kier alpha value is -1.67. The van der Waals surface area contributed by atoms with Crippen LogP contribution in [0.15, 0.2) is 0 Å². The second-order valence-corrected chi connectivity index (χ2v) is 12.3. The van der Waals surface area contributed by atoms with Crippen LogP contribution in [0.25, 0.3) is 0 Å². The van der Waals surface area contributed by atoms with Crippen molar-refractivity contribution >= 4 is 18.3 Å². The molecule has 1 N–H and O–H groups in total. The van der Waals surface area contributed by atoms with Crippen molar-refractivity contribution in [1.82, 2.24) is 10.2 Å². The minimum Gasteiger partial charge on any atom is -0.444 e. The van der Waals surface area contributed by atoms with Crippen molar-refractivity contribution in [2.45, 2.75) is 89.9 Å². The van der Waals surface area contributed by atoms with Crippen molar-refractivity contribution in [3.8, 4) is 0 Å². The maximum Gasteiger partial charge on any atom is 0.407 e. The number of ether oxygens (including phenoxy) is 3. The fourth-order valence-electron chi connectivity index (χ4n) is 6.96. The van der Waals surface area contributed by atoms with Gasteiger partial charge in [0.05, 0.1) is 18.8 Å². The topological polar surface area (TPSA) is 94.2 Å². The number of nitrogens with one attached hydrogen (secondary N) is 1. The second kappa shape index (κ2) is 10.8. The molecular weight excluding hydrogens is 448 g/mol. The van der Waals surface area contributed by atoms with E-state index in [1.165, 1.54) is 0 Å². The summed E-state index contributed by atoms with van der Waals surface area (Å²) in [7, 11) is 1.65. The molecular formula is C27H44N2O6. The number of piperidine rings is 1. The maximum atomic E-state index is 13.3. The van der Waals surface area contributed by atoms with Gasteiger partial charge in [0.1, 0.15) is 11.9 Å². The Morgan fingerprint density at radius 1 is 1.11 bits per heavy atom. The quantitative estimate of drug-likeness (QED) is 0.590. The molecule has 198 valence electrons. The molecule has 8 heteroatoms. The van der Waals surface area contributed by atoms with Gasteiger partial charge in [-0.1, -0.05) is 0 Å². The first-order valence-electron chi connectivity index (χ1n) is 13.5. The van der Waals surface area contributed by atoms with Crippen LogP contribution in [0.1, 0.15) is 72.1 Å². The highest BCUT2D eigenvalue weighted by Crippen LogP contribution is 2.53. The van der Waals surface area contributed by atoms with Gasteiger partial charge >= 0.3 is 6.09 Å². The third-order valence-corrected chi connectivity index (χ3v) is 8.93. The molecule has 1 spiro atoms. The van der Waals surface area contributed by atoms with Crippen LogP contribution in [0.4, 0.5) is 4.79 Å². The van der Waals surface area contributed by atoms with E-state index >= 15 is 0 Å². The predicted octanol–water partition coefficient (Wildman–Crippen LogP) is 3.57. The number of carbonyl (C=O) groups excluding carboxylic acids is 3. The molecule has 6 atom stereocenters. The summed E-state index contributed by atoms with van der Waals surface area (Å²) in [5.74, 6) is 0.862. The van der Waals surface area contributed by atoms with Crippen LogP contribution in [-0.4, -0.2) is 74.3 Å². The number of hydrogen-bond acceptors (Lipinski definition) is 6. The minimum absolute atomic E-state index is 0.0576. The summed E-state index contributed by atoms with van der Waals surface area (Å²) in [6, 6.07) is 0. The molecule has 2 aliphatic carbocycles. The Morgan fingerprint density at radius 3 is 2.51 bits per heavy atom. The summed E-state index contributed by atoms with van der Waals surface area (Å²) in [6.45, 7) is 8.58. The van der Waals surface area contributed by atoms with Crippen molar-refractivity contribution < 1.29 is 28.6 Å². The van der Waals surface area contributed by atoms with E-state index in [1.54, 1.807) is 7.11 Å². The summed E-state index contributed by atoms with van der Waals surface area (Å²) in [5.41, 5.74) is -0.362. The largest absolute Gasteiger partial charge is 0.444 e. The number of hydrogen-bond donors (Lipinski definition) is 1. The monoisotopic (exact) mass is 492 g/mol. The standard InChI is InChI=1S/C27H44N2O6/c1-26(2,3)35-25(32)28-15-18-5-7-23-21(13-18)27(17-34-23)9-11-29(12-10-27)24(31)19-6-8-22(33-4)20(14-19)16-30/h16,18-23H,5-15,17H2,1-4H3,(H,28,32). The van der Waals surface area contributed by atoms with Crippen molar-refractivity contribution in [2.75, 3.05) is 33.4 Å². The molecule has 0 aromatic rings. The number of amides is 2. The van der Waals surface area contributed by atoms with E-state index < -0.39 is 5.60 Å². The average molecular weight is 493 g/mol. The zero-order valence-corrected chi connectivity index (χ0v) is 21.9. The molecule has 4 aliphatic rings. The summed E-state index contributed by atoms with van der Waals surface area (Å²) < 4.78 is 17.1. The zero-order valence-electron chi connectivity index (χ0n) is 21.9. The van der Waals surface area contributed by atoms with Gasteiger partial charge in [-0.2, -0.15) is 0 Å². The molecule has 4 rings (SSSR count). The lowest BCUT2D eigenvalue weighted by atomic mass is 9.63. The van der Waals surface area contributed by atoms with Crippen LogP contribution in [0, 0.1) is 29.1 Å². The number of nitrogens with zero attached hydrogens (tertiary/aromatic N) is 1. The van der Waals surface area contributed by atoms with Crippen LogP contribution in [0.2, 0.25) is 0 Å². The van der Waals surface area contributed by atoms with Gasteiger partial charge < -0.3 is 29.2 Å². The fraction of sp³-hybridized carbons (Fsp3) is 0.889. The number of aldehydes is 1. The van der Waals surface area contributed by atoms with Gasteiger partial charge in [-0.3, -0.25) is 4.79 Å². The SMILES string of the molecule is COC1CCC(C(=O)N2CCC3(CC2)COC2CCC(CNC(=O)OC(C)(C)C)CC23)CC1C=O. The number of methoxy groups -OCH3 is 1. The predicted molar refractivity (Wildman–Crippen MR) is 131 cm³/mol. The van der Waals surface area contributed by atoms with E-state index in [0.29, 0.717) is 30.9 Å². The average Bonchev–Trinajstić information content (AvgIpc) is 3.18. The lowest BCUT2D eigenvalue weighted by Gasteiger charge is -2.46. The number of rotatable bonds is 5. The second-order valence-electron chi connectivity index (χ2n) is 12.3. The molecule has 2 saturated carbocycles. The molecule has 35 heavy (non-hydrogen) atoms. The number of alkyl carbamates (subject to hydrolysis) is 1. The molecule has 0 radical (unpaired) electrons. The van der Waals surface area contributed by atoms with Gasteiger partial charge in [-0.05, 0) is 84.0 Å². The highest BCUT2D eigenvalue weighted by molar-refractivity contribution is 5.79. The van der Waals surface area contributed by atoms with Gasteiger partial charge in [-0.25, -0.2) is 4.79 Å². The van der Waals surface area contributed by atoms with Crippen LogP contribution in [0.3, 0.4) is 0 Å². The first kappa shape index (κ1) is 26.4. The lowest BCUT2D eigenvalue weighted by Crippen LogP contribution is -2.50. The van der Waals surface area contributed by atoms with Gasteiger partial charge in [0.15, 0.2) is 0 Å². The third-order valence-electron chi connectivity index (χ3n) is 8.93. The number of fused-ring (bicyclic) bond motifs is 2. The van der Waals surface area contributed by atoms with Crippen molar-refractivity contribution in [2.24, 2.45) is 29.1 Å². The normalized spacial score (nSPS) is 34.8. The molecule has 0 aromatic carbocycles. The Kier molecular flexibility index (Phi) is 8.11. The fourth-order valence-corrected chi connectivity index (χ4v) is 6.96. The molecule has 2 amide bonds. The smallest absolute Gasteiger partial charge is 0.407 e. The first-order chi connectivity index (χ1) is 16.6. The third kappa shape index (κ3) is 6.01. The number of likely N-dealkylation sites (tertiary alicyclic amines) is 1. The maximum absolute atomic E-state index is 13.3. The van der Waals surface area contributed by atoms with E-state index in [9.17, 15) is 14.4 Å². The van der Waals surface area contributed by atoms with E-state index in [-0.39, 0.29) is 35.4 Å². The number of carbonyl (C=O) groups is 3. The Morgan fingerprint density at radius 2 is 1.86 bits per heavy atom. The molecule has 6 unspecified atom stereocenters. The molecule has 0 bridgehead atoms. The van der Waals surface area contributed by atoms with Crippen LogP contribution >= 0.6 is 0 Å². The van der Waals surface area contributed by atoms with Gasteiger partial charge in [0.2, 0.25) is 5.91 Å². The Labute approximate surface area is 209 Å². The van der Waals surface area contributed by atoms with Crippen molar-refractivity contribution in [3.63, 3.8) is 0 Å². The van der Waals surface area contributed by atoms with Gasteiger partial charge in [0, 0.05) is 44.0 Å². The molecule has 2 saturated heterocycles. The Balaban J connectivity index is 1.29.